The molecule has 0 amide bonds. The highest BCUT2D eigenvalue weighted by molar-refractivity contribution is 6.33. The Morgan fingerprint density at radius 1 is 1.37 bits per heavy atom. The number of hydrogen-bond acceptors (Lipinski definition) is 7. The standard InChI is InChI=1S/C19H15ClFN5O4/c1-29-19(28)11-9-26(8-10-16(11)23-24-18(10)27)7-3-6-14-22-17(25-30-14)15-12(20)4-2-5-13(15)21/h2,4-5,8-9H,3,6-7H2,1H3,(H,24,27). The van der Waals surface area contributed by atoms with Crippen LogP contribution in [0.4, 0.5) is 4.39 Å². The second-order valence-electron chi connectivity index (χ2n) is 6.43. The molecule has 0 unspecified atom stereocenters. The topological polar surface area (TPSA) is 116 Å². The monoisotopic (exact) mass is 431 g/mol. The van der Waals surface area contributed by atoms with Gasteiger partial charge in [-0.15, -0.1) is 0 Å². The van der Waals surface area contributed by atoms with E-state index in [-0.39, 0.29) is 33.2 Å². The van der Waals surface area contributed by atoms with Crippen molar-refractivity contribution in [3.63, 3.8) is 0 Å². The van der Waals surface area contributed by atoms with Crippen LogP contribution in [0.5, 0.6) is 0 Å². The molecule has 9 nitrogen and oxygen atoms in total. The molecule has 0 spiro atoms. The first kappa shape index (κ1) is 19.8. The third kappa shape index (κ3) is 3.69. The number of methoxy groups -OCH3 is 1. The molecule has 0 saturated heterocycles. The van der Waals surface area contributed by atoms with Crippen molar-refractivity contribution in [2.75, 3.05) is 7.11 Å². The molecule has 1 aromatic heterocycles. The van der Waals surface area contributed by atoms with Gasteiger partial charge < -0.3 is 13.8 Å². The van der Waals surface area contributed by atoms with E-state index in [4.69, 9.17) is 20.9 Å². The Hall–Kier alpha value is -3.53. The number of nitrogens with one attached hydrogen (secondary N) is 1. The fraction of sp³-hybridized carbons (Fsp3) is 0.211. The van der Waals surface area contributed by atoms with Gasteiger partial charge in [0.2, 0.25) is 11.7 Å². The number of halogens is 2. The van der Waals surface area contributed by atoms with Crippen molar-refractivity contribution in [2.45, 2.75) is 19.4 Å². The lowest BCUT2D eigenvalue weighted by Crippen LogP contribution is -2.12. The smallest absolute Gasteiger partial charge is 0.341 e. The number of rotatable bonds is 6. The summed E-state index contributed by atoms with van der Waals surface area (Å²) in [5.41, 5.74) is 0.411. The molecule has 1 N–H and O–H groups in total. The third-order valence-corrected chi connectivity index (χ3v) is 4.80. The van der Waals surface area contributed by atoms with Crippen LogP contribution >= 0.6 is 11.6 Å². The van der Waals surface area contributed by atoms with Gasteiger partial charge in [0.1, 0.15) is 17.1 Å². The minimum atomic E-state index is -0.593. The van der Waals surface area contributed by atoms with Crippen molar-refractivity contribution < 1.29 is 18.4 Å². The van der Waals surface area contributed by atoms with Crippen molar-refractivity contribution in [1.82, 2.24) is 24.9 Å². The SMILES string of the molecule is COC(=O)c1cn(CCCc2nc(-c3c(F)cccc3Cl)no2)cc2c(=O)[nH]nc1-2. The van der Waals surface area contributed by atoms with Crippen molar-refractivity contribution in [3.8, 4) is 22.6 Å². The summed E-state index contributed by atoms with van der Waals surface area (Å²) in [7, 11) is 1.26. The van der Waals surface area contributed by atoms with Crippen LogP contribution in [-0.2, 0) is 17.7 Å². The van der Waals surface area contributed by atoms with Crippen LogP contribution < -0.4 is 5.56 Å². The molecule has 2 aromatic rings. The first-order valence-electron chi connectivity index (χ1n) is 8.91. The molecule has 0 atom stereocenters. The van der Waals surface area contributed by atoms with Crippen LogP contribution in [0.1, 0.15) is 22.7 Å². The van der Waals surface area contributed by atoms with Gasteiger partial charge in [-0.1, -0.05) is 22.8 Å². The summed E-state index contributed by atoms with van der Waals surface area (Å²) in [5.74, 6) is -0.747. The van der Waals surface area contributed by atoms with Crippen molar-refractivity contribution >= 4 is 17.6 Å². The van der Waals surface area contributed by atoms with Gasteiger partial charge in [-0.25, -0.2) is 14.3 Å². The highest BCUT2D eigenvalue weighted by atomic mass is 35.5. The molecule has 0 aliphatic carbocycles. The average Bonchev–Trinajstić information content (AvgIpc) is 3.34. The molecule has 0 fully saturated rings. The van der Waals surface area contributed by atoms with Crippen LogP contribution in [0.25, 0.3) is 22.6 Å². The minimum absolute atomic E-state index is 0.0737. The van der Waals surface area contributed by atoms with E-state index < -0.39 is 17.3 Å². The maximum Gasteiger partial charge on any atom is 0.341 e. The second kappa shape index (κ2) is 8.07. The highest BCUT2D eigenvalue weighted by Gasteiger charge is 2.22. The predicted molar refractivity (Wildman–Crippen MR) is 104 cm³/mol. The number of aromatic nitrogens is 5. The molecule has 2 aliphatic rings. The summed E-state index contributed by atoms with van der Waals surface area (Å²) >= 11 is 6.03. The first-order chi connectivity index (χ1) is 14.5. The summed E-state index contributed by atoms with van der Waals surface area (Å²) in [5, 5.41) is 10.2. The molecule has 1 aromatic carbocycles. The molecule has 4 rings (SSSR count). The Bertz CT molecular complexity index is 1230. The largest absolute Gasteiger partial charge is 0.465 e. The molecule has 0 radical (unpaired) electrons. The summed E-state index contributed by atoms with van der Waals surface area (Å²) in [6, 6.07) is 4.30. The lowest BCUT2D eigenvalue weighted by molar-refractivity contribution is 0.0600. The van der Waals surface area contributed by atoms with Gasteiger partial charge in [0, 0.05) is 25.4 Å². The summed E-state index contributed by atoms with van der Waals surface area (Å²) < 4.78 is 25.6. The van der Waals surface area contributed by atoms with Gasteiger partial charge in [-0.3, -0.25) is 4.79 Å². The van der Waals surface area contributed by atoms with E-state index in [1.807, 2.05) is 0 Å². The van der Waals surface area contributed by atoms with Crippen LogP contribution in [-0.4, -0.2) is 38.0 Å². The number of ether oxygens (including phenoxy) is 1. The Labute approximate surface area is 173 Å². The zero-order valence-corrected chi connectivity index (χ0v) is 16.4. The van der Waals surface area contributed by atoms with Crippen LogP contribution in [0.15, 0.2) is 39.9 Å². The molecule has 30 heavy (non-hydrogen) atoms. The number of hydrogen-bond donors (Lipinski definition) is 1. The molecule has 154 valence electrons. The Kier molecular flexibility index (Phi) is 5.32. The van der Waals surface area contributed by atoms with Crippen LogP contribution in [0.3, 0.4) is 0 Å². The number of H-pyrrole nitrogens is 1. The van der Waals surface area contributed by atoms with Gasteiger partial charge >= 0.3 is 5.97 Å². The molecular weight excluding hydrogens is 417 g/mol. The molecule has 0 saturated carbocycles. The van der Waals surface area contributed by atoms with Crippen molar-refractivity contribution in [1.29, 1.82) is 0 Å². The number of carbonyl (C=O) groups is 1. The third-order valence-electron chi connectivity index (χ3n) is 4.48. The van der Waals surface area contributed by atoms with E-state index in [0.29, 0.717) is 25.3 Å². The van der Waals surface area contributed by atoms with E-state index >= 15 is 0 Å². The maximum absolute atomic E-state index is 14.0. The zero-order valence-electron chi connectivity index (χ0n) is 15.7. The lowest BCUT2D eigenvalue weighted by atomic mass is 10.1. The Morgan fingerprint density at radius 2 is 2.20 bits per heavy atom. The highest BCUT2D eigenvalue weighted by Crippen LogP contribution is 2.28. The second-order valence-corrected chi connectivity index (χ2v) is 6.84. The first-order valence-corrected chi connectivity index (χ1v) is 9.29. The maximum atomic E-state index is 14.0. The molecule has 0 bridgehead atoms. The van der Waals surface area contributed by atoms with E-state index in [1.165, 1.54) is 19.2 Å². The van der Waals surface area contributed by atoms with Gasteiger partial charge in [0.25, 0.3) is 5.56 Å². The molecular formula is C19H15ClFN5O4. The van der Waals surface area contributed by atoms with Gasteiger partial charge in [-0.05, 0) is 18.6 Å². The number of esters is 1. The van der Waals surface area contributed by atoms with E-state index in [9.17, 15) is 14.0 Å². The van der Waals surface area contributed by atoms with Gasteiger partial charge in [0.15, 0.2) is 0 Å². The van der Waals surface area contributed by atoms with Gasteiger partial charge in [0.05, 0.1) is 23.3 Å². The Balaban J connectivity index is 1.50. The van der Waals surface area contributed by atoms with Crippen molar-refractivity contribution in [2.24, 2.45) is 0 Å². The Morgan fingerprint density at radius 3 is 2.97 bits per heavy atom. The zero-order chi connectivity index (χ0) is 21.3. The van der Waals surface area contributed by atoms with E-state index in [1.54, 1.807) is 23.0 Å². The summed E-state index contributed by atoms with van der Waals surface area (Å²) in [6.45, 7) is 0.447. The quantitative estimate of drug-likeness (QED) is 0.466. The summed E-state index contributed by atoms with van der Waals surface area (Å²) in [4.78, 5) is 28.1. The fourth-order valence-corrected chi connectivity index (χ4v) is 3.31. The van der Waals surface area contributed by atoms with Crippen LogP contribution in [0.2, 0.25) is 5.02 Å². The number of nitrogens with zero attached hydrogens (tertiary/aromatic N) is 4. The summed E-state index contributed by atoms with van der Waals surface area (Å²) in [6.07, 6.45) is 4.11. The number of benzene rings is 1. The molecule has 2 aliphatic heterocycles. The lowest BCUT2D eigenvalue weighted by Gasteiger charge is -2.11. The van der Waals surface area contributed by atoms with Crippen LogP contribution in [0, 0.1) is 5.82 Å². The number of aromatic amines is 1. The normalized spacial score (nSPS) is 11.2. The minimum Gasteiger partial charge on any atom is -0.465 e. The van der Waals surface area contributed by atoms with Gasteiger partial charge in [-0.2, -0.15) is 10.1 Å². The molecule has 11 heteroatoms. The van der Waals surface area contributed by atoms with Crippen molar-refractivity contribution in [3.05, 3.63) is 63.2 Å². The van der Waals surface area contributed by atoms with E-state index in [0.717, 1.165) is 0 Å². The molecule has 3 heterocycles. The fourth-order valence-electron chi connectivity index (χ4n) is 3.06. The van der Waals surface area contributed by atoms with E-state index in [2.05, 4.69) is 20.3 Å². The number of pyridine rings is 1. The number of carbonyl (C=O) groups excluding carboxylic acids is 1. The number of fused-ring (bicyclic) bond motifs is 1. The average molecular weight is 432 g/mol. The predicted octanol–water partition coefficient (Wildman–Crippen LogP) is 2.94. The number of aryl methyl sites for hydroxylation is 2.